The van der Waals surface area contributed by atoms with E-state index in [9.17, 15) is 9.90 Å². The van der Waals surface area contributed by atoms with Gasteiger partial charge in [-0.3, -0.25) is 0 Å². The number of methoxy groups -OCH3 is 1. The van der Waals surface area contributed by atoms with Crippen LogP contribution in [0.25, 0.3) is 16.7 Å². The zero-order valence-corrected chi connectivity index (χ0v) is 14.3. The molecule has 126 valence electrons. The molecule has 2 aromatic carbocycles. The van der Waals surface area contributed by atoms with Crippen LogP contribution in [0.3, 0.4) is 0 Å². The van der Waals surface area contributed by atoms with Crippen molar-refractivity contribution in [1.82, 2.24) is 0 Å². The average molecular weight is 352 g/mol. The Kier molecular flexibility index (Phi) is 5.16. The smallest absolute Gasteiger partial charge is 0.339 e. The minimum atomic E-state index is -1.08. The Bertz CT molecular complexity index is 897. The molecule has 1 N–H and O–H groups in total. The Morgan fingerprint density at radius 3 is 2.48 bits per heavy atom. The predicted octanol–water partition coefficient (Wildman–Crippen LogP) is 5.28. The van der Waals surface area contributed by atoms with Gasteiger partial charge in [-0.15, -0.1) is 11.3 Å². The van der Waals surface area contributed by atoms with Crippen molar-refractivity contribution in [3.05, 3.63) is 77.9 Å². The summed E-state index contributed by atoms with van der Waals surface area (Å²) in [4.78, 5) is 11.5. The quantitative estimate of drug-likeness (QED) is 0.484. The van der Waals surface area contributed by atoms with Gasteiger partial charge in [-0.05, 0) is 23.1 Å². The number of carboxylic acid groups (broad SMARTS) is 1. The second-order valence-electron chi connectivity index (χ2n) is 5.16. The lowest BCUT2D eigenvalue weighted by molar-refractivity contribution is -0.130. The van der Waals surface area contributed by atoms with E-state index in [2.05, 4.69) is 0 Å². The highest BCUT2D eigenvalue weighted by Gasteiger charge is 2.18. The molecule has 0 fully saturated rings. The number of para-hydroxylation sites is 1. The van der Waals surface area contributed by atoms with Crippen molar-refractivity contribution >= 4 is 22.9 Å². The molecule has 0 bridgehead atoms. The number of hydrogen-bond acceptors (Lipinski definition) is 4. The van der Waals surface area contributed by atoms with Crippen LogP contribution in [0, 0.1) is 0 Å². The normalized spacial score (nSPS) is 11.2. The summed E-state index contributed by atoms with van der Waals surface area (Å²) in [5.74, 6) is -0.611. The van der Waals surface area contributed by atoms with E-state index < -0.39 is 5.97 Å². The summed E-state index contributed by atoms with van der Waals surface area (Å²) in [6, 6.07) is 18.9. The molecule has 0 radical (unpaired) electrons. The highest BCUT2D eigenvalue weighted by atomic mass is 32.1. The Labute approximate surface area is 149 Å². The molecule has 25 heavy (non-hydrogen) atoms. The number of benzene rings is 2. The van der Waals surface area contributed by atoms with Crippen LogP contribution < -0.4 is 4.74 Å². The summed E-state index contributed by atoms with van der Waals surface area (Å²) < 4.78 is 11.0. The number of carbonyl (C=O) groups is 1. The molecule has 4 nitrogen and oxygen atoms in total. The monoisotopic (exact) mass is 352 g/mol. The molecule has 0 unspecified atom stereocenters. The first-order chi connectivity index (χ1) is 12.2. The maximum absolute atomic E-state index is 11.5. The molecule has 3 aromatic rings. The summed E-state index contributed by atoms with van der Waals surface area (Å²) in [7, 11) is 1.42. The fraction of sp³-hybridized carbons (Fsp3) is 0.0500. The van der Waals surface area contributed by atoms with E-state index in [1.807, 2.05) is 41.8 Å². The van der Waals surface area contributed by atoms with Crippen molar-refractivity contribution in [3.8, 4) is 21.9 Å². The van der Waals surface area contributed by atoms with Crippen LogP contribution in [0.15, 0.2) is 72.3 Å². The third-order valence-electron chi connectivity index (χ3n) is 3.56. The average Bonchev–Trinajstić information content (AvgIpc) is 3.09. The van der Waals surface area contributed by atoms with Crippen LogP contribution in [0.5, 0.6) is 10.8 Å². The van der Waals surface area contributed by atoms with Gasteiger partial charge >= 0.3 is 5.97 Å². The van der Waals surface area contributed by atoms with Gasteiger partial charge in [0.05, 0.1) is 13.4 Å². The molecule has 3 rings (SSSR count). The highest BCUT2D eigenvalue weighted by Crippen LogP contribution is 2.40. The zero-order chi connectivity index (χ0) is 17.6. The van der Waals surface area contributed by atoms with Gasteiger partial charge in [-0.1, -0.05) is 48.5 Å². The van der Waals surface area contributed by atoms with Crippen molar-refractivity contribution in [1.29, 1.82) is 0 Å². The SMILES string of the molecule is COC=C(C(=O)O)c1ccccc1Oc1sccc1-c1ccccc1. The van der Waals surface area contributed by atoms with Crippen LogP contribution in [0.2, 0.25) is 0 Å². The van der Waals surface area contributed by atoms with E-state index in [-0.39, 0.29) is 5.57 Å². The first kappa shape index (κ1) is 16.8. The van der Waals surface area contributed by atoms with Crippen molar-refractivity contribution < 1.29 is 19.4 Å². The Hall–Kier alpha value is -3.05. The fourth-order valence-electron chi connectivity index (χ4n) is 2.43. The van der Waals surface area contributed by atoms with Gasteiger partial charge in [0, 0.05) is 11.1 Å². The van der Waals surface area contributed by atoms with Gasteiger partial charge < -0.3 is 14.6 Å². The number of thiophene rings is 1. The van der Waals surface area contributed by atoms with Gasteiger partial charge in [0.2, 0.25) is 0 Å². The molecule has 0 aliphatic carbocycles. The number of hydrogen-bond donors (Lipinski definition) is 1. The number of aliphatic carboxylic acids is 1. The van der Waals surface area contributed by atoms with E-state index in [0.717, 1.165) is 11.1 Å². The molecule has 1 aromatic heterocycles. The maximum Gasteiger partial charge on any atom is 0.339 e. The van der Waals surface area contributed by atoms with Crippen molar-refractivity contribution in [2.75, 3.05) is 7.11 Å². The molecule has 5 heteroatoms. The fourth-order valence-corrected chi connectivity index (χ4v) is 3.21. The summed E-state index contributed by atoms with van der Waals surface area (Å²) in [5.41, 5.74) is 2.51. The van der Waals surface area contributed by atoms with Gasteiger partial charge in [-0.2, -0.15) is 0 Å². The standard InChI is InChI=1S/C20H16O4S/c1-23-13-17(19(21)22)16-9-5-6-10-18(16)24-20-15(11-12-25-20)14-7-3-2-4-8-14/h2-13H,1H3,(H,21,22). The molecular weight excluding hydrogens is 336 g/mol. The summed E-state index contributed by atoms with van der Waals surface area (Å²) in [5, 5.41) is 12.1. The lowest BCUT2D eigenvalue weighted by atomic mass is 10.1. The number of ether oxygens (including phenoxy) is 2. The molecular formula is C20H16O4S. The van der Waals surface area contributed by atoms with Gasteiger partial charge in [0.15, 0.2) is 5.06 Å². The van der Waals surface area contributed by atoms with E-state index in [4.69, 9.17) is 9.47 Å². The van der Waals surface area contributed by atoms with Gasteiger partial charge in [-0.25, -0.2) is 4.79 Å². The molecule has 0 spiro atoms. The van der Waals surface area contributed by atoms with Crippen molar-refractivity contribution in [2.45, 2.75) is 0 Å². The van der Waals surface area contributed by atoms with E-state index >= 15 is 0 Å². The van der Waals surface area contributed by atoms with E-state index in [0.29, 0.717) is 16.4 Å². The molecule has 0 aliphatic heterocycles. The Morgan fingerprint density at radius 2 is 1.76 bits per heavy atom. The molecule has 0 aliphatic rings. The van der Waals surface area contributed by atoms with Gasteiger partial charge in [0.1, 0.15) is 11.3 Å². The Balaban J connectivity index is 2.00. The van der Waals surface area contributed by atoms with E-state index in [1.54, 1.807) is 24.3 Å². The summed E-state index contributed by atoms with van der Waals surface area (Å²) in [6.07, 6.45) is 1.21. The van der Waals surface area contributed by atoms with Crippen molar-refractivity contribution in [3.63, 3.8) is 0 Å². The third-order valence-corrected chi connectivity index (χ3v) is 4.35. The predicted molar refractivity (Wildman–Crippen MR) is 98.9 cm³/mol. The van der Waals surface area contributed by atoms with Crippen LogP contribution in [0.4, 0.5) is 0 Å². The lowest BCUT2D eigenvalue weighted by Crippen LogP contribution is -2.02. The van der Waals surface area contributed by atoms with Crippen molar-refractivity contribution in [2.24, 2.45) is 0 Å². The second-order valence-corrected chi connectivity index (χ2v) is 6.04. The topological polar surface area (TPSA) is 55.8 Å². The molecule has 0 atom stereocenters. The second kappa shape index (κ2) is 7.68. The molecule has 1 heterocycles. The Morgan fingerprint density at radius 1 is 1.04 bits per heavy atom. The highest BCUT2D eigenvalue weighted by molar-refractivity contribution is 7.12. The first-order valence-electron chi connectivity index (χ1n) is 7.57. The van der Waals surface area contributed by atoms with Crippen LogP contribution in [-0.2, 0) is 9.53 Å². The molecule has 0 saturated carbocycles. The zero-order valence-electron chi connectivity index (χ0n) is 13.5. The van der Waals surface area contributed by atoms with Crippen LogP contribution >= 0.6 is 11.3 Å². The minimum Gasteiger partial charge on any atom is -0.503 e. The largest absolute Gasteiger partial charge is 0.503 e. The third kappa shape index (κ3) is 3.72. The number of carboxylic acids is 1. The van der Waals surface area contributed by atoms with Crippen LogP contribution in [-0.4, -0.2) is 18.2 Å². The van der Waals surface area contributed by atoms with Crippen LogP contribution in [0.1, 0.15) is 5.56 Å². The number of rotatable bonds is 6. The first-order valence-corrected chi connectivity index (χ1v) is 8.45. The van der Waals surface area contributed by atoms with E-state index in [1.165, 1.54) is 24.7 Å². The minimum absolute atomic E-state index is 0.0379. The molecule has 0 saturated heterocycles. The van der Waals surface area contributed by atoms with Gasteiger partial charge in [0.25, 0.3) is 0 Å². The maximum atomic E-state index is 11.5. The summed E-state index contributed by atoms with van der Waals surface area (Å²) in [6.45, 7) is 0. The summed E-state index contributed by atoms with van der Waals surface area (Å²) >= 11 is 1.46. The lowest BCUT2D eigenvalue weighted by Gasteiger charge is -2.12. The molecule has 0 amide bonds.